The lowest BCUT2D eigenvalue weighted by molar-refractivity contribution is -0.140. The summed E-state index contributed by atoms with van der Waals surface area (Å²) in [5.74, 6) is 1.47. The third-order valence-electron chi connectivity index (χ3n) is 8.31. The van der Waals surface area contributed by atoms with Crippen molar-refractivity contribution in [1.29, 1.82) is 0 Å². The number of amides is 3. The first kappa shape index (κ1) is 23.6. The van der Waals surface area contributed by atoms with Gasteiger partial charge in [-0.25, -0.2) is 0 Å². The summed E-state index contributed by atoms with van der Waals surface area (Å²) in [6, 6.07) is 7.26. The summed E-state index contributed by atoms with van der Waals surface area (Å²) in [4.78, 5) is 43.9. The number of carbonyl (C=O) groups excluding carboxylic acids is 3. The number of fused-ring (bicyclic) bond motifs is 2. The van der Waals surface area contributed by atoms with Gasteiger partial charge < -0.3 is 10.2 Å². The van der Waals surface area contributed by atoms with Crippen molar-refractivity contribution in [2.75, 3.05) is 44.2 Å². The third kappa shape index (κ3) is 5.25. The molecule has 1 N–H and O–H groups in total. The van der Waals surface area contributed by atoms with Gasteiger partial charge in [0.05, 0.1) is 6.42 Å². The van der Waals surface area contributed by atoms with Gasteiger partial charge in [0.1, 0.15) is 6.04 Å². The van der Waals surface area contributed by atoms with Crippen molar-refractivity contribution >= 4 is 35.0 Å². The Morgan fingerprint density at radius 3 is 2.59 bits per heavy atom. The summed E-state index contributed by atoms with van der Waals surface area (Å²) in [6.07, 6.45) is 6.32. The molecule has 34 heavy (non-hydrogen) atoms. The van der Waals surface area contributed by atoms with Gasteiger partial charge in [0.2, 0.25) is 11.8 Å². The topological polar surface area (TPSA) is 73.0 Å². The van der Waals surface area contributed by atoms with Crippen LogP contribution in [-0.4, -0.2) is 72.8 Å². The van der Waals surface area contributed by atoms with E-state index in [0.29, 0.717) is 24.8 Å². The van der Waals surface area contributed by atoms with Crippen molar-refractivity contribution in [2.24, 2.45) is 17.8 Å². The van der Waals surface area contributed by atoms with Crippen LogP contribution in [0.15, 0.2) is 24.3 Å². The monoisotopic (exact) mass is 486 g/mol. The quantitative estimate of drug-likeness (QED) is 0.572. The van der Waals surface area contributed by atoms with Crippen molar-refractivity contribution in [2.45, 2.75) is 51.0 Å². The van der Waals surface area contributed by atoms with E-state index in [1.807, 2.05) is 18.2 Å². The van der Waals surface area contributed by atoms with Crippen LogP contribution in [0.25, 0.3) is 0 Å². The first-order valence-electron chi connectivity index (χ1n) is 12.8. The van der Waals surface area contributed by atoms with Crippen LogP contribution in [0.4, 0.5) is 5.69 Å². The molecule has 2 saturated heterocycles. The number of benzene rings is 1. The maximum atomic E-state index is 12.8. The van der Waals surface area contributed by atoms with Crippen LogP contribution in [0.1, 0.15) is 44.9 Å². The van der Waals surface area contributed by atoms with Crippen LogP contribution in [0.3, 0.4) is 0 Å². The van der Waals surface area contributed by atoms with Gasteiger partial charge in [-0.2, -0.15) is 0 Å². The molecule has 0 spiro atoms. The van der Waals surface area contributed by atoms with E-state index in [9.17, 15) is 14.4 Å². The number of anilines is 1. The van der Waals surface area contributed by atoms with Gasteiger partial charge in [0, 0.05) is 49.9 Å². The standard InChI is InChI=1S/C26H35ClN4O3/c27-21-3-1-4-22(16-21)30-11-9-29(10-12-30)7-2-8-31-25(33)17-23(26(31)34)28-24(32)15-20-14-18-5-6-19(20)13-18/h1,3-4,16,18-20,23H,2,5-15,17H2,(H,28,32)/t18-,19+,20?,23-/m0/s1. The van der Waals surface area contributed by atoms with E-state index in [-0.39, 0.29) is 24.1 Å². The van der Waals surface area contributed by atoms with E-state index in [4.69, 9.17) is 11.6 Å². The molecule has 0 aromatic heterocycles. The zero-order valence-electron chi connectivity index (χ0n) is 19.8. The third-order valence-corrected chi connectivity index (χ3v) is 8.55. The van der Waals surface area contributed by atoms with Gasteiger partial charge in [-0.15, -0.1) is 0 Å². The minimum Gasteiger partial charge on any atom is -0.369 e. The number of rotatable bonds is 8. The molecule has 2 saturated carbocycles. The van der Waals surface area contributed by atoms with Crippen molar-refractivity contribution in [3.63, 3.8) is 0 Å². The Labute approximate surface area is 206 Å². The minimum atomic E-state index is -0.681. The van der Waals surface area contributed by atoms with Crippen LogP contribution in [0, 0.1) is 17.8 Å². The lowest BCUT2D eigenvalue weighted by Gasteiger charge is -2.36. The maximum Gasteiger partial charge on any atom is 0.252 e. The predicted octanol–water partition coefficient (Wildman–Crippen LogP) is 2.92. The summed E-state index contributed by atoms with van der Waals surface area (Å²) < 4.78 is 0. The average molecular weight is 487 g/mol. The Morgan fingerprint density at radius 2 is 1.88 bits per heavy atom. The highest BCUT2D eigenvalue weighted by molar-refractivity contribution is 6.30. The second kappa shape index (κ2) is 10.2. The molecule has 2 aliphatic carbocycles. The molecule has 4 atom stereocenters. The molecule has 2 bridgehead atoms. The summed E-state index contributed by atoms with van der Waals surface area (Å²) in [5.41, 5.74) is 1.15. The Balaban J connectivity index is 1.02. The molecule has 184 valence electrons. The molecule has 8 heteroatoms. The number of likely N-dealkylation sites (tertiary alicyclic amines) is 1. The van der Waals surface area contributed by atoms with Crippen molar-refractivity contribution in [3.05, 3.63) is 29.3 Å². The second-order valence-electron chi connectivity index (χ2n) is 10.5. The van der Waals surface area contributed by atoms with Gasteiger partial charge in [0.15, 0.2) is 0 Å². The molecule has 4 aliphatic rings. The van der Waals surface area contributed by atoms with Crippen LogP contribution < -0.4 is 10.2 Å². The zero-order chi connectivity index (χ0) is 23.7. The summed E-state index contributed by atoms with van der Waals surface area (Å²) in [6.45, 7) is 5.01. The van der Waals surface area contributed by atoms with E-state index in [2.05, 4.69) is 21.2 Å². The molecule has 7 nitrogen and oxygen atoms in total. The van der Waals surface area contributed by atoms with Gasteiger partial charge in [0.25, 0.3) is 5.91 Å². The molecular formula is C26H35ClN4O3. The highest BCUT2D eigenvalue weighted by Crippen LogP contribution is 2.49. The van der Waals surface area contributed by atoms with Crippen molar-refractivity contribution in [1.82, 2.24) is 15.1 Å². The lowest BCUT2D eigenvalue weighted by atomic mass is 9.86. The van der Waals surface area contributed by atoms with Gasteiger partial charge in [-0.3, -0.25) is 24.2 Å². The van der Waals surface area contributed by atoms with Crippen LogP contribution >= 0.6 is 11.6 Å². The number of hydrogen-bond donors (Lipinski definition) is 1. The number of carbonyl (C=O) groups is 3. The SMILES string of the molecule is O=C(CC1C[C@H]2CC[C@@H]1C2)N[C@H]1CC(=O)N(CCCN2CCN(c3cccc(Cl)c3)CC2)C1=O. The smallest absolute Gasteiger partial charge is 0.252 e. The fraction of sp³-hybridized carbons (Fsp3) is 0.654. The molecule has 1 unspecified atom stereocenters. The maximum absolute atomic E-state index is 12.8. The average Bonchev–Trinajstić information content (AvgIpc) is 3.51. The number of piperazine rings is 1. The Kier molecular flexibility index (Phi) is 7.11. The first-order chi connectivity index (χ1) is 16.5. The van der Waals surface area contributed by atoms with Crippen molar-refractivity contribution < 1.29 is 14.4 Å². The van der Waals surface area contributed by atoms with Crippen LogP contribution in [-0.2, 0) is 14.4 Å². The molecule has 2 aliphatic heterocycles. The highest BCUT2D eigenvalue weighted by Gasteiger charge is 2.42. The van der Waals surface area contributed by atoms with Gasteiger partial charge in [-0.1, -0.05) is 24.1 Å². The number of imide groups is 1. The normalized spacial score (nSPS) is 29.3. The Morgan fingerprint density at radius 1 is 1.06 bits per heavy atom. The van der Waals surface area contributed by atoms with Crippen LogP contribution in [0.2, 0.25) is 5.02 Å². The van der Waals surface area contributed by atoms with Crippen LogP contribution in [0.5, 0.6) is 0 Å². The van der Waals surface area contributed by atoms with E-state index < -0.39 is 6.04 Å². The number of hydrogen-bond acceptors (Lipinski definition) is 5. The van der Waals surface area contributed by atoms with Gasteiger partial charge in [-0.05, 0) is 68.2 Å². The Hall–Kier alpha value is -2.12. The fourth-order valence-electron chi connectivity index (χ4n) is 6.50. The van der Waals surface area contributed by atoms with E-state index in [1.165, 1.54) is 24.2 Å². The summed E-state index contributed by atoms with van der Waals surface area (Å²) >= 11 is 6.12. The minimum absolute atomic E-state index is 0.0666. The van der Waals surface area contributed by atoms with E-state index in [1.54, 1.807) is 0 Å². The molecule has 5 rings (SSSR count). The molecule has 1 aromatic rings. The molecular weight excluding hydrogens is 452 g/mol. The molecule has 4 fully saturated rings. The Bertz CT molecular complexity index is 932. The second-order valence-corrected chi connectivity index (χ2v) is 10.9. The largest absolute Gasteiger partial charge is 0.369 e. The zero-order valence-corrected chi connectivity index (χ0v) is 20.5. The molecule has 1 aromatic carbocycles. The molecule has 3 amide bonds. The first-order valence-corrected chi connectivity index (χ1v) is 13.2. The van der Waals surface area contributed by atoms with E-state index >= 15 is 0 Å². The van der Waals surface area contributed by atoms with Crippen molar-refractivity contribution in [3.8, 4) is 0 Å². The fourth-order valence-corrected chi connectivity index (χ4v) is 6.69. The van der Waals surface area contributed by atoms with E-state index in [0.717, 1.165) is 62.2 Å². The predicted molar refractivity (Wildman–Crippen MR) is 132 cm³/mol. The molecule has 0 radical (unpaired) electrons. The summed E-state index contributed by atoms with van der Waals surface area (Å²) in [5, 5.41) is 3.61. The number of nitrogens with zero attached hydrogens (tertiary/aromatic N) is 3. The highest BCUT2D eigenvalue weighted by atomic mass is 35.5. The number of nitrogens with one attached hydrogen (secondary N) is 1. The summed E-state index contributed by atoms with van der Waals surface area (Å²) in [7, 11) is 0. The van der Waals surface area contributed by atoms with Gasteiger partial charge >= 0.3 is 0 Å². The molecule has 2 heterocycles. The number of halogens is 1. The lowest BCUT2D eigenvalue weighted by Crippen LogP contribution is -2.47.